The fraction of sp³-hybridized carbons (Fsp3) is 0.348. The van der Waals surface area contributed by atoms with Crippen LogP contribution in [-0.4, -0.2) is 36.1 Å². The van der Waals surface area contributed by atoms with Crippen LogP contribution in [0.25, 0.3) is 0 Å². The summed E-state index contributed by atoms with van der Waals surface area (Å²) in [7, 11) is 2.17. The van der Waals surface area contributed by atoms with E-state index in [4.69, 9.17) is 17.2 Å². The molecule has 1 fully saturated rings. The molecule has 1 unspecified atom stereocenters. The number of hydrogen-bond donors (Lipinski definition) is 4. The Balaban J connectivity index is 0.000000274. The van der Waals surface area contributed by atoms with Crippen molar-refractivity contribution in [3.63, 3.8) is 0 Å². The summed E-state index contributed by atoms with van der Waals surface area (Å²) in [6.45, 7) is 10.2. The molecule has 2 heterocycles. The Morgan fingerprint density at radius 3 is 2.43 bits per heavy atom. The molecule has 164 valence electrons. The van der Waals surface area contributed by atoms with Crippen LogP contribution in [0.3, 0.4) is 0 Å². The smallest absolute Gasteiger partial charge is 0.218 e. The Kier molecular flexibility index (Phi) is 12.2. The minimum absolute atomic E-state index is 0.238. The van der Waals surface area contributed by atoms with E-state index in [0.717, 1.165) is 12.2 Å². The second-order valence-corrected chi connectivity index (χ2v) is 6.94. The number of likely N-dealkylation sites (tertiary alicyclic amines) is 1. The first-order chi connectivity index (χ1) is 14.4. The van der Waals surface area contributed by atoms with Crippen LogP contribution in [0.15, 0.2) is 73.6 Å². The molecule has 0 radical (unpaired) electrons. The van der Waals surface area contributed by atoms with Gasteiger partial charge in [0, 0.05) is 36.6 Å². The Morgan fingerprint density at radius 1 is 1.30 bits per heavy atom. The van der Waals surface area contributed by atoms with Gasteiger partial charge in [0.1, 0.15) is 0 Å². The van der Waals surface area contributed by atoms with Gasteiger partial charge in [-0.25, -0.2) is 4.98 Å². The van der Waals surface area contributed by atoms with E-state index in [1.807, 2.05) is 6.07 Å². The van der Waals surface area contributed by atoms with E-state index in [1.165, 1.54) is 37.2 Å². The molecule has 30 heavy (non-hydrogen) atoms. The molecular weight excluding hydrogens is 379 g/mol. The van der Waals surface area contributed by atoms with E-state index >= 15 is 0 Å². The number of hydrogen-bond acceptors (Lipinski definition) is 6. The number of pyridine rings is 1. The molecule has 0 bridgehead atoms. The molecule has 1 saturated heterocycles. The topological polar surface area (TPSA) is 106 Å². The molecule has 6 nitrogen and oxygen atoms in total. The van der Waals surface area contributed by atoms with E-state index < -0.39 is 12.1 Å². The Morgan fingerprint density at radius 2 is 1.97 bits per heavy atom. The van der Waals surface area contributed by atoms with Crippen molar-refractivity contribution in [3.05, 3.63) is 90.7 Å². The van der Waals surface area contributed by atoms with Crippen molar-refractivity contribution < 1.29 is 4.39 Å². The fourth-order valence-corrected chi connectivity index (χ4v) is 2.93. The number of nitrogens with one attached hydrogen (secondary N) is 1. The maximum absolute atomic E-state index is 12.6. The highest BCUT2D eigenvalue weighted by molar-refractivity contribution is 5.16. The van der Waals surface area contributed by atoms with Gasteiger partial charge in [-0.2, -0.15) is 4.39 Å². The lowest BCUT2D eigenvalue weighted by atomic mass is 10.1. The maximum Gasteiger partial charge on any atom is 0.218 e. The Labute approximate surface area is 179 Å². The van der Waals surface area contributed by atoms with Gasteiger partial charge in [-0.05, 0) is 38.1 Å². The van der Waals surface area contributed by atoms with Crippen LogP contribution < -0.4 is 22.5 Å². The summed E-state index contributed by atoms with van der Waals surface area (Å²) in [5.74, 6) is -0.600. The van der Waals surface area contributed by atoms with E-state index in [-0.39, 0.29) is 5.56 Å². The fourth-order valence-electron chi connectivity index (χ4n) is 2.93. The number of nitrogens with zero attached hydrogens (tertiary/aromatic N) is 2. The van der Waals surface area contributed by atoms with Gasteiger partial charge in [0.05, 0.1) is 6.17 Å². The summed E-state index contributed by atoms with van der Waals surface area (Å²) < 4.78 is 12.6. The second kappa shape index (κ2) is 14.4. The number of benzene rings is 1. The highest BCUT2D eigenvalue weighted by Crippen LogP contribution is 2.19. The Hall–Kier alpha value is -2.58. The lowest BCUT2D eigenvalue weighted by Gasteiger charge is -2.22. The van der Waals surface area contributed by atoms with Crippen LogP contribution in [0.4, 0.5) is 4.39 Å². The maximum atomic E-state index is 12.6. The predicted molar refractivity (Wildman–Crippen MR) is 123 cm³/mol. The summed E-state index contributed by atoms with van der Waals surface area (Å²) in [4.78, 5) is 5.75. The zero-order valence-electron chi connectivity index (χ0n) is 17.8. The largest absolute Gasteiger partial charge is 0.383 e. The van der Waals surface area contributed by atoms with Crippen LogP contribution in [0.5, 0.6) is 0 Å². The summed E-state index contributed by atoms with van der Waals surface area (Å²) in [5.41, 5.74) is 18.0. The lowest BCUT2D eigenvalue weighted by molar-refractivity contribution is 0.334. The molecule has 0 spiro atoms. The molecule has 1 atom stereocenters. The molecule has 1 aliphatic rings. The number of nitrogens with two attached hydrogens (primary N) is 3. The van der Waals surface area contributed by atoms with Crippen molar-refractivity contribution in [2.45, 2.75) is 31.6 Å². The van der Waals surface area contributed by atoms with Crippen LogP contribution in [-0.2, 0) is 6.54 Å². The average Bonchev–Trinajstić information content (AvgIpc) is 3.19. The first-order valence-electron chi connectivity index (χ1n) is 10.00. The standard InChI is InChI=1S/C14H20N2.C6H8FN3.C3H7N/c1-12(14-9-6-10-16(14)2)15-11-13-7-4-3-5-8-13;7-5-4(6(8)9)2-1-3-10-5;1-2-3-4/h3-5,7-8,14-15H,1,6,9-11H2,2H3;1-3,6H,8-9H2;2H,1,3-4H2. The first-order valence-corrected chi connectivity index (χ1v) is 10.00. The van der Waals surface area contributed by atoms with Gasteiger partial charge in [0.25, 0.3) is 0 Å². The molecule has 1 aliphatic heterocycles. The number of halogens is 1. The monoisotopic (exact) mass is 414 g/mol. The van der Waals surface area contributed by atoms with Gasteiger partial charge in [-0.15, -0.1) is 6.58 Å². The molecule has 1 aromatic carbocycles. The van der Waals surface area contributed by atoms with Crippen molar-refractivity contribution in [1.29, 1.82) is 0 Å². The van der Waals surface area contributed by atoms with Crippen LogP contribution >= 0.6 is 0 Å². The van der Waals surface area contributed by atoms with E-state index in [9.17, 15) is 4.39 Å². The zero-order valence-corrected chi connectivity index (χ0v) is 17.8. The van der Waals surface area contributed by atoms with E-state index in [1.54, 1.807) is 12.1 Å². The molecule has 3 rings (SSSR count). The molecule has 2 aromatic rings. The summed E-state index contributed by atoms with van der Waals surface area (Å²) in [5, 5.41) is 3.44. The molecule has 1 aromatic heterocycles. The molecule has 7 heteroatoms. The van der Waals surface area contributed by atoms with Crippen LogP contribution in [0.1, 0.15) is 30.1 Å². The van der Waals surface area contributed by atoms with Gasteiger partial charge in [-0.3, -0.25) is 4.90 Å². The molecule has 0 aliphatic carbocycles. The van der Waals surface area contributed by atoms with Gasteiger partial charge < -0.3 is 22.5 Å². The first kappa shape index (κ1) is 25.5. The third-order valence-corrected chi connectivity index (χ3v) is 4.60. The second-order valence-electron chi connectivity index (χ2n) is 6.94. The quantitative estimate of drug-likeness (QED) is 0.329. The molecule has 7 N–H and O–H groups in total. The van der Waals surface area contributed by atoms with Gasteiger partial charge in [0.2, 0.25) is 5.95 Å². The summed E-state index contributed by atoms with van der Waals surface area (Å²) in [6.07, 6.45) is 4.74. The van der Waals surface area contributed by atoms with Gasteiger partial charge in [0.15, 0.2) is 0 Å². The predicted octanol–water partition coefficient (Wildman–Crippen LogP) is 2.65. The SMILES string of the molecule is C=C(NCc1ccccc1)C1CCCN1C.C=CCN.NC(N)c1cccnc1F. The highest BCUT2D eigenvalue weighted by atomic mass is 19.1. The van der Waals surface area contributed by atoms with Crippen molar-refractivity contribution in [2.24, 2.45) is 17.2 Å². The van der Waals surface area contributed by atoms with Crippen molar-refractivity contribution in [3.8, 4) is 0 Å². The Bertz CT molecular complexity index is 750. The van der Waals surface area contributed by atoms with E-state index in [2.05, 4.69) is 59.7 Å². The average molecular weight is 415 g/mol. The van der Waals surface area contributed by atoms with Crippen LogP contribution in [0, 0.1) is 5.95 Å². The van der Waals surface area contributed by atoms with Crippen LogP contribution in [0.2, 0.25) is 0 Å². The molecule has 0 amide bonds. The highest BCUT2D eigenvalue weighted by Gasteiger charge is 2.22. The number of likely N-dealkylation sites (N-methyl/N-ethyl adjacent to an activating group) is 1. The lowest BCUT2D eigenvalue weighted by Crippen LogP contribution is -2.32. The number of aromatic nitrogens is 1. The number of rotatable bonds is 6. The van der Waals surface area contributed by atoms with Crippen molar-refractivity contribution in [2.75, 3.05) is 20.1 Å². The zero-order chi connectivity index (χ0) is 22.4. The molecule has 0 saturated carbocycles. The van der Waals surface area contributed by atoms with Gasteiger partial charge in [-0.1, -0.05) is 49.1 Å². The van der Waals surface area contributed by atoms with Crippen molar-refractivity contribution >= 4 is 0 Å². The summed E-state index contributed by atoms with van der Waals surface area (Å²) in [6, 6.07) is 14.1. The summed E-state index contributed by atoms with van der Waals surface area (Å²) >= 11 is 0. The minimum atomic E-state index is -0.784. The molecular formula is C23H35FN6. The third-order valence-electron chi connectivity index (χ3n) is 4.60. The normalized spacial score (nSPS) is 15.5. The van der Waals surface area contributed by atoms with E-state index in [0.29, 0.717) is 12.6 Å². The minimum Gasteiger partial charge on any atom is -0.383 e. The van der Waals surface area contributed by atoms with Gasteiger partial charge >= 0.3 is 0 Å². The third kappa shape index (κ3) is 9.28. The van der Waals surface area contributed by atoms with Crippen molar-refractivity contribution in [1.82, 2.24) is 15.2 Å².